The van der Waals surface area contributed by atoms with Crippen LogP contribution in [0.1, 0.15) is 43.0 Å². The molecule has 0 aromatic heterocycles. The molecule has 0 spiro atoms. The van der Waals surface area contributed by atoms with E-state index >= 15 is 0 Å². The first kappa shape index (κ1) is 38.7. The number of carbonyl (C=O) groups excluding carboxylic acids is 2. The first-order valence-corrected chi connectivity index (χ1v) is 18.6. The summed E-state index contributed by atoms with van der Waals surface area (Å²) in [5.41, 5.74) is 2.71. The van der Waals surface area contributed by atoms with Gasteiger partial charge in [0.2, 0.25) is 0 Å². The van der Waals surface area contributed by atoms with Crippen molar-refractivity contribution in [3.63, 3.8) is 0 Å². The minimum Gasteiger partial charge on any atom is -0.497 e. The van der Waals surface area contributed by atoms with Crippen LogP contribution in [0.2, 0.25) is 0 Å². The number of rotatable bonds is 16. The second-order valence-electron chi connectivity index (χ2n) is 11.9. The highest BCUT2D eigenvalue weighted by molar-refractivity contribution is 7.94. The summed E-state index contributed by atoms with van der Waals surface area (Å²) in [6, 6.07) is 35.4. The summed E-state index contributed by atoms with van der Waals surface area (Å²) in [7, 11) is -3.28. The summed E-state index contributed by atoms with van der Waals surface area (Å²) in [6.45, 7) is 1.95. The van der Waals surface area contributed by atoms with Crippen LogP contribution in [-0.4, -0.2) is 36.9 Å². The predicted octanol–water partition coefficient (Wildman–Crippen LogP) is 9.30. The van der Waals surface area contributed by atoms with Gasteiger partial charge in [0.1, 0.15) is 46.0 Å². The molecular formula is C41H32O12S2. The van der Waals surface area contributed by atoms with E-state index in [-0.39, 0.29) is 35.0 Å². The Kier molecular flexibility index (Phi) is 12.3. The molecule has 2 N–H and O–H groups in total. The van der Waals surface area contributed by atoms with Crippen LogP contribution in [-0.2, 0) is 26.1 Å². The molecule has 0 unspecified atom stereocenters. The Labute approximate surface area is 320 Å². The van der Waals surface area contributed by atoms with E-state index in [1.54, 1.807) is 98.1 Å². The van der Waals surface area contributed by atoms with Crippen LogP contribution in [0, 0.1) is 6.92 Å². The lowest BCUT2D eigenvalue weighted by molar-refractivity contribution is -0.432. The number of carbonyl (C=O) groups is 2. The van der Waals surface area contributed by atoms with Gasteiger partial charge in [0, 0.05) is 32.7 Å². The number of aryl methyl sites for hydroxylation is 1. The van der Waals surface area contributed by atoms with Crippen LogP contribution < -0.4 is 18.9 Å². The summed E-state index contributed by atoms with van der Waals surface area (Å²) in [4.78, 5) is 26.2. The Morgan fingerprint density at radius 2 is 1.11 bits per heavy atom. The SMILES string of the molecule is COc1ccc(Oc2ccc(Oc3ccc(C(=O)c4ccc(COc5ccc(C(=O)c6ccc(C)cc6)cc5)c(SOOO)c4)cc3S(=O)(=O)O)cc2)cc1. The number of ketones is 2. The molecule has 55 heavy (non-hydrogen) atoms. The topological polar surface area (TPSA) is 164 Å². The van der Waals surface area contributed by atoms with E-state index in [9.17, 15) is 22.6 Å². The number of methoxy groups -OCH3 is 1. The lowest BCUT2D eigenvalue weighted by Gasteiger charge is -2.13. The molecule has 0 aliphatic heterocycles. The van der Waals surface area contributed by atoms with E-state index < -0.39 is 20.8 Å². The fourth-order valence-electron chi connectivity index (χ4n) is 5.26. The first-order valence-electron chi connectivity index (χ1n) is 16.4. The van der Waals surface area contributed by atoms with E-state index in [0.29, 0.717) is 56.6 Å². The molecule has 0 fully saturated rings. The molecule has 6 aromatic carbocycles. The van der Waals surface area contributed by atoms with Crippen LogP contribution in [0.5, 0.6) is 34.5 Å². The normalized spacial score (nSPS) is 11.1. The van der Waals surface area contributed by atoms with Gasteiger partial charge >= 0.3 is 0 Å². The largest absolute Gasteiger partial charge is 0.497 e. The van der Waals surface area contributed by atoms with Crippen molar-refractivity contribution >= 4 is 33.7 Å². The molecule has 0 aliphatic rings. The lowest BCUT2D eigenvalue weighted by Crippen LogP contribution is -2.07. The molecule has 0 bridgehead atoms. The van der Waals surface area contributed by atoms with Crippen molar-refractivity contribution in [3.05, 3.63) is 167 Å². The monoisotopic (exact) mass is 780 g/mol. The van der Waals surface area contributed by atoms with Gasteiger partial charge in [0.25, 0.3) is 10.1 Å². The standard InChI is InChI=1S/C41H32O12S2/c1-26-3-5-27(6-4-26)40(42)28-9-12-33(13-10-28)49-25-31-8-7-29(23-38(31)54-53-52-44)41(43)30-11-22-37(39(24-30)55(45,46)47)51-36-20-18-35(19-21-36)50-34-16-14-32(48-2)15-17-34/h3-24,44H,25H2,1-2H3,(H,45,46,47). The van der Waals surface area contributed by atoms with Gasteiger partial charge in [-0.3, -0.25) is 14.1 Å². The highest BCUT2D eigenvalue weighted by atomic mass is 32.2. The average molecular weight is 781 g/mol. The molecule has 0 amide bonds. The fraction of sp³-hybridized carbons (Fsp3) is 0.0732. The summed E-state index contributed by atoms with van der Waals surface area (Å²) in [5.74, 6) is 1.51. The van der Waals surface area contributed by atoms with Crippen LogP contribution >= 0.6 is 12.0 Å². The van der Waals surface area contributed by atoms with Gasteiger partial charge in [0.05, 0.1) is 19.2 Å². The number of hydrogen-bond donors (Lipinski definition) is 2. The Morgan fingerprint density at radius 3 is 1.69 bits per heavy atom. The van der Waals surface area contributed by atoms with Crippen LogP contribution in [0.25, 0.3) is 0 Å². The summed E-state index contributed by atoms with van der Waals surface area (Å²) in [6.07, 6.45) is 0. The Morgan fingerprint density at radius 1 is 0.618 bits per heavy atom. The molecule has 0 saturated heterocycles. The van der Waals surface area contributed by atoms with Crippen molar-refractivity contribution in [3.8, 4) is 34.5 Å². The molecule has 6 aromatic rings. The number of benzene rings is 6. The maximum absolute atomic E-state index is 13.6. The Balaban J connectivity index is 1.15. The van der Waals surface area contributed by atoms with Gasteiger partial charge in [0.15, 0.2) is 11.6 Å². The molecule has 0 radical (unpaired) electrons. The minimum absolute atomic E-state index is 0.00434. The third kappa shape index (κ3) is 9.96. The molecule has 0 heterocycles. The van der Waals surface area contributed by atoms with Crippen molar-refractivity contribution in [2.45, 2.75) is 23.3 Å². The fourth-order valence-corrected chi connectivity index (χ4v) is 6.42. The van der Waals surface area contributed by atoms with Gasteiger partial charge < -0.3 is 18.9 Å². The maximum atomic E-state index is 13.6. The zero-order valence-electron chi connectivity index (χ0n) is 29.2. The Hall–Kier alpha value is -6.00. The van der Waals surface area contributed by atoms with Gasteiger partial charge in [-0.25, -0.2) is 5.26 Å². The highest BCUT2D eigenvalue weighted by Gasteiger charge is 2.22. The van der Waals surface area contributed by atoms with E-state index in [4.69, 9.17) is 24.2 Å². The maximum Gasteiger partial charge on any atom is 0.298 e. The zero-order valence-corrected chi connectivity index (χ0v) is 30.8. The molecule has 280 valence electrons. The van der Waals surface area contributed by atoms with Crippen LogP contribution in [0.3, 0.4) is 0 Å². The summed E-state index contributed by atoms with van der Waals surface area (Å²) < 4.78 is 62.3. The smallest absolute Gasteiger partial charge is 0.298 e. The zero-order chi connectivity index (χ0) is 39.0. The van der Waals surface area contributed by atoms with Gasteiger partial charge in [-0.1, -0.05) is 47.0 Å². The second-order valence-corrected chi connectivity index (χ2v) is 14.0. The molecule has 12 nitrogen and oxygen atoms in total. The molecular weight excluding hydrogens is 749 g/mol. The third-order valence-corrected chi connectivity index (χ3v) is 9.70. The molecule has 0 aliphatic carbocycles. The van der Waals surface area contributed by atoms with Crippen molar-refractivity contribution in [1.82, 2.24) is 0 Å². The average Bonchev–Trinajstić information content (AvgIpc) is 3.20. The van der Waals surface area contributed by atoms with E-state index in [0.717, 1.165) is 11.6 Å². The van der Waals surface area contributed by atoms with E-state index in [1.807, 2.05) is 19.1 Å². The molecule has 14 heteroatoms. The first-order chi connectivity index (χ1) is 26.5. The van der Waals surface area contributed by atoms with E-state index in [2.05, 4.69) is 9.37 Å². The number of hydrogen-bond acceptors (Lipinski definition) is 12. The van der Waals surface area contributed by atoms with E-state index in [1.165, 1.54) is 24.3 Å². The molecule has 6 rings (SSSR count). The number of ether oxygens (including phenoxy) is 4. The van der Waals surface area contributed by atoms with Gasteiger partial charge in [-0.05, 0) is 104 Å². The minimum atomic E-state index is -4.85. The highest BCUT2D eigenvalue weighted by Crippen LogP contribution is 2.34. The molecule has 0 atom stereocenters. The van der Waals surface area contributed by atoms with Crippen LogP contribution in [0.15, 0.2) is 143 Å². The predicted molar refractivity (Wildman–Crippen MR) is 202 cm³/mol. The quantitative estimate of drug-likeness (QED) is 0.0314. The van der Waals surface area contributed by atoms with Gasteiger partial charge in [-0.2, -0.15) is 8.42 Å². The summed E-state index contributed by atoms with van der Waals surface area (Å²) >= 11 is 0.609. The van der Waals surface area contributed by atoms with Crippen molar-refractivity contribution in [2.75, 3.05) is 7.11 Å². The molecule has 0 saturated carbocycles. The van der Waals surface area contributed by atoms with Crippen LogP contribution in [0.4, 0.5) is 0 Å². The third-order valence-electron chi connectivity index (χ3n) is 8.14. The lowest BCUT2D eigenvalue weighted by atomic mass is 10.0. The second kappa shape index (κ2) is 17.4. The van der Waals surface area contributed by atoms with Crippen molar-refractivity contribution in [1.29, 1.82) is 0 Å². The Bertz CT molecular complexity index is 2400. The van der Waals surface area contributed by atoms with Crippen molar-refractivity contribution < 1.29 is 56.1 Å². The van der Waals surface area contributed by atoms with Crippen molar-refractivity contribution in [2.24, 2.45) is 0 Å². The van der Waals surface area contributed by atoms with Gasteiger partial charge in [-0.15, -0.1) is 4.33 Å². The summed E-state index contributed by atoms with van der Waals surface area (Å²) in [5, 5.41) is 12.6.